The van der Waals surface area contributed by atoms with Crippen molar-refractivity contribution in [3.63, 3.8) is 0 Å². The van der Waals surface area contributed by atoms with Gasteiger partial charge in [0.05, 0.1) is 11.3 Å². The zero-order valence-electron chi connectivity index (χ0n) is 20.6. The van der Waals surface area contributed by atoms with E-state index in [9.17, 15) is 24.0 Å². The molecule has 0 aromatic heterocycles. The number of ketones is 2. The lowest BCUT2D eigenvalue weighted by molar-refractivity contribution is -0.156. The standard InChI is InChI=1S/C29H26N2O6/c1-16(2)24(31-28(35)18-10-5-4-6-11-18)29(36)37-17(3)27(34)30-22-15-9-14-21-23(22)26(33)20-13-8-7-12-19(20)25(21)32/h4-17,24H,1-3H3,(H,30,34)(H,31,35)/t17?,24-/m0/s1. The number of hydrogen-bond acceptors (Lipinski definition) is 6. The largest absolute Gasteiger partial charge is 0.451 e. The SMILES string of the molecule is CC(OC(=O)[C@@H](NC(=O)c1ccccc1)C(C)C)C(=O)Nc1cccc2c1C(=O)c1ccccc1C2=O. The summed E-state index contributed by atoms with van der Waals surface area (Å²) >= 11 is 0. The molecule has 4 rings (SSSR count). The molecule has 3 aromatic rings. The molecule has 0 saturated carbocycles. The Morgan fingerprint density at radius 3 is 1.97 bits per heavy atom. The highest BCUT2D eigenvalue weighted by atomic mass is 16.5. The molecular formula is C29H26N2O6. The number of amides is 2. The molecule has 37 heavy (non-hydrogen) atoms. The molecule has 2 N–H and O–H groups in total. The minimum absolute atomic E-state index is 0.0910. The van der Waals surface area contributed by atoms with Gasteiger partial charge < -0.3 is 15.4 Å². The van der Waals surface area contributed by atoms with Crippen LogP contribution in [-0.2, 0) is 14.3 Å². The van der Waals surface area contributed by atoms with Crippen molar-refractivity contribution in [2.45, 2.75) is 32.9 Å². The molecule has 1 aliphatic rings. The van der Waals surface area contributed by atoms with Crippen molar-refractivity contribution in [2.24, 2.45) is 5.92 Å². The first-order chi connectivity index (χ1) is 17.7. The molecule has 8 heteroatoms. The van der Waals surface area contributed by atoms with Crippen LogP contribution in [0.2, 0.25) is 0 Å². The molecule has 8 nitrogen and oxygen atoms in total. The lowest BCUT2D eigenvalue weighted by Crippen LogP contribution is -2.47. The molecule has 0 bridgehead atoms. The molecule has 0 radical (unpaired) electrons. The van der Waals surface area contributed by atoms with Crippen LogP contribution in [0.1, 0.15) is 63.0 Å². The van der Waals surface area contributed by atoms with E-state index in [-0.39, 0.29) is 39.9 Å². The third-order valence-corrected chi connectivity index (χ3v) is 6.12. The Bertz CT molecular complexity index is 1400. The van der Waals surface area contributed by atoms with Crippen molar-refractivity contribution in [2.75, 3.05) is 5.32 Å². The van der Waals surface area contributed by atoms with Crippen molar-refractivity contribution in [1.29, 1.82) is 0 Å². The summed E-state index contributed by atoms with van der Waals surface area (Å²) in [7, 11) is 0. The second-order valence-electron chi connectivity index (χ2n) is 9.06. The van der Waals surface area contributed by atoms with Gasteiger partial charge >= 0.3 is 5.97 Å². The number of esters is 1. The summed E-state index contributed by atoms with van der Waals surface area (Å²) < 4.78 is 5.38. The van der Waals surface area contributed by atoms with Crippen LogP contribution in [0, 0.1) is 5.92 Å². The third kappa shape index (κ3) is 5.18. The van der Waals surface area contributed by atoms with Crippen LogP contribution < -0.4 is 10.6 Å². The van der Waals surface area contributed by atoms with Gasteiger partial charge in [-0.15, -0.1) is 0 Å². The number of rotatable bonds is 7. The molecular weight excluding hydrogens is 472 g/mol. The van der Waals surface area contributed by atoms with Crippen LogP contribution >= 0.6 is 0 Å². The lowest BCUT2D eigenvalue weighted by atomic mass is 9.83. The highest BCUT2D eigenvalue weighted by molar-refractivity contribution is 6.30. The maximum absolute atomic E-state index is 13.2. The molecule has 2 atom stereocenters. The summed E-state index contributed by atoms with van der Waals surface area (Å²) in [5.74, 6) is -2.88. The lowest BCUT2D eigenvalue weighted by Gasteiger charge is -2.24. The molecule has 0 saturated heterocycles. The average molecular weight is 499 g/mol. The summed E-state index contributed by atoms with van der Waals surface area (Å²) in [6.45, 7) is 4.89. The Morgan fingerprint density at radius 1 is 0.730 bits per heavy atom. The first-order valence-electron chi connectivity index (χ1n) is 11.9. The fourth-order valence-electron chi connectivity index (χ4n) is 4.10. The summed E-state index contributed by atoms with van der Waals surface area (Å²) in [6.07, 6.45) is -1.24. The topological polar surface area (TPSA) is 119 Å². The molecule has 2 amide bonds. The van der Waals surface area contributed by atoms with Crippen molar-refractivity contribution in [3.8, 4) is 0 Å². The van der Waals surface area contributed by atoms with E-state index in [1.807, 2.05) is 0 Å². The monoisotopic (exact) mass is 498 g/mol. The Hall–Kier alpha value is -4.59. The molecule has 0 fully saturated rings. The number of ether oxygens (including phenoxy) is 1. The van der Waals surface area contributed by atoms with Crippen LogP contribution in [0.25, 0.3) is 0 Å². The van der Waals surface area contributed by atoms with E-state index in [1.54, 1.807) is 74.5 Å². The minimum Gasteiger partial charge on any atom is -0.451 e. The predicted molar refractivity (Wildman–Crippen MR) is 136 cm³/mol. The van der Waals surface area contributed by atoms with Gasteiger partial charge in [0, 0.05) is 22.3 Å². The second-order valence-corrected chi connectivity index (χ2v) is 9.06. The van der Waals surface area contributed by atoms with E-state index in [2.05, 4.69) is 10.6 Å². The van der Waals surface area contributed by atoms with E-state index >= 15 is 0 Å². The maximum atomic E-state index is 13.2. The van der Waals surface area contributed by atoms with Gasteiger partial charge in [-0.25, -0.2) is 4.79 Å². The third-order valence-electron chi connectivity index (χ3n) is 6.12. The van der Waals surface area contributed by atoms with Crippen LogP contribution in [-0.4, -0.2) is 41.5 Å². The smallest absolute Gasteiger partial charge is 0.329 e. The number of hydrogen-bond donors (Lipinski definition) is 2. The normalized spacial score (nSPS) is 13.7. The van der Waals surface area contributed by atoms with Crippen LogP contribution in [0.5, 0.6) is 0 Å². The fraction of sp³-hybridized carbons (Fsp3) is 0.207. The van der Waals surface area contributed by atoms with Crippen molar-refractivity contribution in [3.05, 3.63) is 101 Å². The molecule has 1 unspecified atom stereocenters. The molecule has 0 heterocycles. The molecule has 0 aliphatic heterocycles. The Balaban J connectivity index is 1.48. The van der Waals surface area contributed by atoms with E-state index in [1.165, 1.54) is 19.1 Å². The number of carbonyl (C=O) groups is 5. The Kier molecular flexibility index (Phi) is 7.29. The minimum atomic E-state index is -1.24. The van der Waals surface area contributed by atoms with E-state index in [0.29, 0.717) is 11.1 Å². The number of benzene rings is 3. The van der Waals surface area contributed by atoms with Gasteiger partial charge in [-0.2, -0.15) is 0 Å². The van der Waals surface area contributed by atoms with Crippen molar-refractivity contribution >= 4 is 35.0 Å². The molecule has 188 valence electrons. The average Bonchev–Trinajstić information content (AvgIpc) is 2.90. The Morgan fingerprint density at radius 2 is 1.32 bits per heavy atom. The van der Waals surface area contributed by atoms with Gasteiger partial charge in [0.1, 0.15) is 6.04 Å². The maximum Gasteiger partial charge on any atom is 0.329 e. The number of anilines is 1. The van der Waals surface area contributed by atoms with E-state index in [4.69, 9.17) is 4.74 Å². The zero-order valence-corrected chi connectivity index (χ0v) is 20.6. The van der Waals surface area contributed by atoms with Crippen LogP contribution in [0.4, 0.5) is 5.69 Å². The fourth-order valence-corrected chi connectivity index (χ4v) is 4.10. The van der Waals surface area contributed by atoms with E-state index < -0.39 is 29.9 Å². The van der Waals surface area contributed by atoms with Crippen LogP contribution in [0.15, 0.2) is 72.8 Å². The number of fused-ring (bicyclic) bond motifs is 2. The van der Waals surface area contributed by atoms with Crippen molar-refractivity contribution < 1.29 is 28.7 Å². The molecule has 1 aliphatic carbocycles. The van der Waals surface area contributed by atoms with E-state index in [0.717, 1.165) is 0 Å². The van der Waals surface area contributed by atoms with Gasteiger partial charge in [-0.05, 0) is 31.0 Å². The first kappa shape index (κ1) is 25.5. The second kappa shape index (κ2) is 10.6. The van der Waals surface area contributed by atoms with Gasteiger partial charge in [0.2, 0.25) is 0 Å². The van der Waals surface area contributed by atoms with Gasteiger partial charge in [0.25, 0.3) is 11.8 Å². The highest BCUT2D eigenvalue weighted by Crippen LogP contribution is 2.32. The summed E-state index contributed by atoms with van der Waals surface area (Å²) in [5.41, 5.74) is 1.39. The predicted octanol–water partition coefficient (Wildman–Crippen LogP) is 3.79. The summed E-state index contributed by atoms with van der Waals surface area (Å²) in [4.78, 5) is 64.4. The van der Waals surface area contributed by atoms with Crippen LogP contribution in [0.3, 0.4) is 0 Å². The quantitative estimate of drug-likeness (QED) is 0.374. The summed E-state index contributed by atoms with van der Waals surface area (Å²) in [5, 5.41) is 5.28. The van der Waals surface area contributed by atoms with Crippen molar-refractivity contribution in [1.82, 2.24) is 5.32 Å². The molecule has 0 spiro atoms. The van der Waals surface area contributed by atoms with Gasteiger partial charge in [-0.3, -0.25) is 19.2 Å². The molecule has 3 aromatic carbocycles. The number of nitrogens with one attached hydrogen (secondary N) is 2. The Labute approximate surface area is 214 Å². The van der Waals surface area contributed by atoms with Gasteiger partial charge in [-0.1, -0.05) is 68.4 Å². The highest BCUT2D eigenvalue weighted by Gasteiger charge is 2.33. The van der Waals surface area contributed by atoms with Gasteiger partial charge in [0.15, 0.2) is 17.7 Å². The number of carbonyl (C=O) groups excluding carboxylic acids is 5. The zero-order chi connectivity index (χ0) is 26.7. The summed E-state index contributed by atoms with van der Waals surface area (Å²) in [6, 6.07) is 18.6. The first-order valence-corrected chi connectivity index (χ1v) is 11.9.